The van der Waals surface area contributed by atoms with E-state index in [2.05, 4.69) is 5.10 Å². The van der Waals surface area contributed by atoms with Crippen molar-refractivity contribution in [3.05, 3.63) is 89.7 Å². The van der Waals surface area contributed by atoms with Crippen molar-refractivity contribution < 1.29 is 14.3 Å². The number of carbonyl (C=O) groups is 2. The van der Waals surface area contributed by atoms with E-state index in [1.807, 2.05) is 67.6 Å². The topological polar surface area (TPSA) is 64.4 Å². The second-order valence-electron chi connectivity index (χ2n) is 8.41. The molecule has 32 heavy (non-hydrogen) atoms. The van der Waals surface area contributed by atoms with Crippen LogP contribution in [0.3, 0.4) is 0 Å². The van der Waals surface area contributed by atoms with Crippen LogP contribution in [0.25, 0.3) is 0 Å². The summed E-state index contributed by atoms with van der Waals surface area (Å²) in [4.78, 5) is 28.2. The fraction of sp³-hybridized carbons (Fsp3) is 0.346. The van der Waals surface area contributed by atoms with E-state index in [1.165, 1.54) is 0 Å². The first-order valence-corrected chi connectivity index (χ1v) is 11.2. The highest BCUT2D eigenvalue weighted by Crippen LogP contribution is 2.36. The van der Waals surface area contributed by atoms with Crippen LogP contribution >= 0.6 is 0 Å². The third-order valence-corrected chi connectivity index (χ3v) is 6.03. The van der Waals surface area contributed by atoms with Gasteiger partial charge in [-0.15, -0.1) is 0 Å². The summed E-state index contributed by atoms with van der Waals surface area (Å²) in [7, 11) is 0. The van der Waals surface area contributed by atoms with Gasteiger partial charge >= 0.3 is 5.97 Å². The number of carbonyl (C=O) groups excluding carboxylic acids is 2. The van der Waals surface area contributed by atoms with E-state index in [0.29, 0.717) is 44.6 Å². The lowest BCUT2D eigenvalue weighted by molar-refractivity contribution is -0.158. The third-order valence-electron chi connectivity index (χ3n) is 6.03. The van der Waals surface area contributed by atoms with Crippen molar-refractivity contribution in [3.63, 3.8) is 0 Å². The molecule has 2 aromatic carbocycles. The zero-order chi connectivity index (χ0) is 22.4. The van der Waals surface area contributed by atoms with Crippen molar-refractivity contribution in [2.75, 3.05) is 19.7 Å². The fourth-order valence-electron chi connectivity index (χ4n) is 4.47. The van der Waals surface area contributed by atoms with Gasteiger partial charge in [0, 0.05) is 19.3 Å². The Kier molecular flexibility index (Phi) is 6.69. The lowest BCUT2D eigenvalue weighted by Crippen LogP contribution is -2.51. The number of rotatable bonds is 7. The van der Waals surface area contributed by atoms with Gasteiger partial charge in [-0.3, -0.25) is 14.3 Å². The predicted octanol–water partition coefficient (Wildman–Crippen LogP) is 3.96. The van der Waals surface area contributed by atoms with Crippen LogP contribution in [0, 0.1) is 5.41 Å². The average molecular weight is 432 g/mol. The number of hydrogen-bond acceptors (Lipinski definition) is 4. The summed E-state index contributed by atoms with van der Waals surface area (Å²) in [5.74, 6) is -0.313. The van der Waals surface area contributed by atoms with E-state index in [1.54, 1.807) is 22.0 Å². The Bertz CT molecular complexity index is 1050. The van der Waals surface area contributed by atoms with E-state index >= 15 is 0 Å². The maximum atomic E-state index is 13.3. The molecule has 6 heteroatoms. The van der Waals surface area contributed by atoms with Gasteiger partial charge < -0.3 is 9.64 Å². The number of nitrogens with zero attached hydrogens (tertiary/aromatic N) is 3. The summed E-state index contributed by atoms with van der Waals surface area (Å²) in [5.41, 5.74) is 2.01. The lowest BCUT2D eigenvalue weighted by Gasteiger charge is -2.41. The Balaban J connectivity index is 1.52. The van der Waals surface area contributed by atoms with Crippen molar-refractivity contribution >= 4 is 11.9 Å². The molecular formula is C26H29N3O3. The molecule has 1 aliphatic heterocycles. The van der Waals surface area contributed by atoms with Crippen molar-refractivity contribution in [3.8, 4) is 0 Å². The van der Waals surface area contributed by atoms with E-state index < -0.39 is 5.41 Å². The Morgan fingerprint density at radius 1 is 1.03 bits per heavy atom. The number of likely N-dealkylation sites (tertiary alicyclic amines) is 1. The van der Waals surface area contributed by atoms with Crippen LogP contribution in [-0.2, 0) is 22.5 Å². The van der Waals surface area contributed by atoms with Crippen LogP contribution in [0.1, 0.15) is 41.3 Å². The average Bonchev–Trinajstić information content (AvgIpc) is 3.28. The Morgan fingerprint density at radius 2 is 1.72 bits per heavy atom. The molecule has 0 radical (unpaired) electrons. The fourth-order valence-corrected chi connectivity index (χ4v) is 4.47. The maximum absolute atomic E-state index is 13.3. The predicted molar refractivity (Wildman–Crippen MR) is 122 cm³/mol. The smallest absolute Gasteiger partial charge is 0.314 e. The highest BCUT2D eigenvalue weighted by atomic mass is 16.5. The van der Waals surface area contributed by atoms with E-state index in [-0.39, 0.29) is 11.9 Å². The van der Waals surface area contributed by atoms with E-state index in [4.69, 9.17) is 4.74 Å². The number of esters is 1. The third kappa shape index (κ3) is 4.90. The number of aromatic nitrogens is 2. The minimum absolute atomic E-state index is 0.0919. The molecule has 1 atom stereocenters. The van der Waals surface area contributed by atoms with Gasteiger partial charge in [-0.05, 0) is 37.3 Å². The van der Waals surface area contributed by atoms with Crippen LogP contribution in [0.15, 0.2) is 73.1 Å². The van der Waals surface area contributed by atoms with Crippen LogP contribution in [0.2, 0.25) is 0 Å². The summed E-state index contributed by atoms with van der Waals surface area (Å²) in [5, 5.41) is 4.37. The van der Waals surface area contributed by atoms with Crippen LogP contribution in [0.5, 0.6) is 0 Å². The second-order valence-corrected chi connectivity index (χ2v) is 8.41. The Hall–Kier alpha value is -3.41. The van der Waals surface area contributed by atoms with Crippen molar-refractivity contribution in [1.82, 2.24) is 14.7 Å². The van der Waals surface area contributed by atoms with Gasteiger partial charge in [-0.2, -0.15) is 5.10 Å². The van der Waals surface area contributed by atoms with Crippen LogP contribution in [0.4, 0.5) is 0 Å². The number of ether oxygens (including phenoxy) is 1. The molecule has 6 nitrogen and oxygen atoms in total. The van der Waals surface area contributed by atoms with Gasteiger partial charge in [-0.25, -0.2) is 0 Å². The zero-order valence-electron chi connectivity index (χ0n) is 18.4. The largest absolute Gasteiger partial charge is 0.466 e. The summed E-state index contributed by atoms with van der Waals surface area (Å²) in [6.45, 7) is 3.73. The molecule has 0 spiro atoms. The first kappa shape index (κ1) is 21.8. The summed E-state index contributed by atoms with van der Waals surface area (Å²) in [6.07, 6.45) is 5.42. The van der Waals surface area contributed by atoms with E-state index in [0.717, 1.165) is 17.5 Å². The molecule has 3 aromatic rings. The molecule has 166 valence electrons. The molecule has 4 rings (SSSR count). The molecule has 2 heterocycles. The molecular weight excluding hydrogens is 402 g/mol. The standard InChI is InChI=1S/C26H29N3O3/c1-2-32-25(31)26(16-21-10-5-3-6-11-21)14-9-15-28(20-26)24(30)23-17-27-29(19-23)18-22-12-7-4-8-13-22/h3-8,10-13,17,19H,2,9,14-16,18,20H2,1H3. The molecule has 0 bridgehead atoms. The highest BCUT2D eigenvalue weighted by molar-refractivity contribution is 5.94. The summed E-state index contributed by atoms with van der Waals surface area (Å²) >= 11 is 0. The number of piperidine rings is 1. The van der Waals surface area contributed by atoms with Crippen LogP contribution in [-0.4, -0.2) is 46.3 Å². The Morgan fingerprint density at radius 3 is 2.41 bits per heavy atom. The first-order valence-electron chi connectivity index (χ1n) is 11.2. The maximum Gasteiger partial charge on any atom is 0.314 e. The SMILES string of the molecule is CCOC(=O)C1(Cc2ccccc2)CCCN(C(=O)c2cnn(Cc3ccccc3)c2)C1. The van der Waals surface area contributed by atoms with Gasteiger partial charge in [0.1, 0.15) is 0 Å². The first-order chi connectivity index (χ1) is 15.6. The van der Waals surface area contributed by atoms with Crippen molar-refractivity contribution in [2.45, 2.75) is 32.7 Å². The molecule has 1 saturated heterocycles. The normalized spacial score (nSPS) is 18.3. The van der Waals surface area contributed by atoms with Crippen molar-refractivity contribution in [2.24, 2.45) is 5.41 Å². The number of hydrogen-bond donors (Lipinski definition) is 0. The minimum Gasteiger partial charge on any atom is -0.466 e. The quantitative estimate of drug-likeness (QED) is 0.531. The molecule has 0 saturated carbocycles. The van der Waals surface area contributed by atoms with E-state index in [9.17, 15) is 9.59 Å². The van der Waals surface area contributed by atoms with Crippen LogP contribution < -0.4 is 0 Å². The monoisotopic (exact) mass is 431 g/mol. The highest BCUT2D eigenvalue weighted by Gasteiger charge is 2.45. The Labute approximate surface area is 188 Å². The molecule has 1 aromatic heterocycles. The van der Waals surface area contributed by atoms with Crippen molar-refractivity contribution in [1.29, 1.82) is 0 Å². The number of benzene rings is 2. The zero-order valence-corrected chi connectivity index (χ0v) is 18.4. The van der Waals surface area contributed by atoms with Gasteiger partial charge in [0.05, 0.1) is 30.3 Å². The summed E-state index contributed by atoms with van der Waals surface area (Å²) < 4.78 is 7.24. The minimum atomic E-state index is -0.731. The molecule has 1 fully saturated rings. The summed E-state index contributed by atoms with van der Waals surface area (Å²) in [6, 6.07) is 20.0. The molecule has 1 unspecified atom stereocenters. The molecule has 0 aliphatic carbocycles. The van der Waals surface area contributed by atoms with Gasteiger partial charge in [0.25, 0.3) is 5.91 Å². The molecule has 1 aliphatic rings. The van der Waals surface area contributed by atoms with Gasteiger partial charge in [-0.1, -0.05) is 60.7 Å². The second kappa shape index (κ2) is 9.81. The van der Waals surface area contributed by atoms with Gasteiger partial charge in [0.2, 0.25) is 0 Å². The lowest BCUT2D eigenvalue weighted by atomic mass is 9.75. The molecule has 0 N–H and O–H groups in total. The molecule has 1 amide bonds. The number of amides is 1. The van der Waals surface area contributed by atoms with Gasteiger partial charge in [0.15, 0.2) is 0 Å².